The van der Waals surface area contributed by atoms with Gasteiger partial charge in [0, 0.05) is 17.5 Å². The van der Waals surface area contributed by atoms with Crippen molar-refractivity contribution >= 4 is 38.9 Å². The van der Waals surface area contributed by atoms with Crippen LogP contribution in [0.25, 0.3) is 21.3 Å². The van der Waals surface area contributed by atoms with E-state index in [1.807, 2.05) is 0 Å². The van der Waals surface area contributed by atoms with Crippen molar-refractivity contribution in [1.82, 2.24) is 19.9 Å². The molecule has 0 saturated heterocycles. The maximum Gasteiger partial charge on any atom is 0.404 e. The zero-order chi connectivity index (χ0) is 31.9. The maximum atomic E-state index is 14.5. The van der Waals surface area contributed by atoms with Gasteiger partial charge in [-0.1, -0.05) is 43.9 Å². The minimum absolute atomic E-state index is 0.0299. The third kappa shape index (κ3) is 7.18. The number of halogens is 6. The molecule has 4 rings (SSSR count). The first-order chi connectivity index (χ1) is 19.9. The van der Waals surface area contributed by atoms with Gasteiger partial charge in [0.1, 0.15) is 10.9 Å². The van der Waals surface area contributed by atoms with Crippen LogP contribution in [0.5, 0.6) is 0 Å². The molecule has 1 fully saturated rings. The van der Waals surface area contributed by atoms with E-state index in [4.69, 9.17) is 16.0 Å². The first kappa shape index (κ1) is 33.2. The van der Waals surface area contributed by atoms with Gasteiger partial charge in [-0.05, 0) is 38.7 Å². The molecule has 1 atom stereocenters. The van der Waals surface area contributed by atoms with Crippen molar-refractivity contribution in [2.75, 3.05) is 0 Å². The Morgan fingerprint density at radius 3 is 2.44 bits per heavy atom. The van der Waals surface area contributed by atoms with Crippen molar-refractivity contribution < 1.29 is 44.7 Å². The average Bonchev–Trinajstić information content (AvgIpc) is 3.50. The lowest BCUT2D eigenvalue weighted by Crippen LogP contribution is -2.44. The van der Waals surface area contributed by atoms with Gasteiger partial charge in [-0.15, -0.1) is 21.5 Å². The molecule has 1 saturated carbocycles. The lowest BCUT2D eigenvalue weighted by molar-refractivity contribution is -0.151. The quantitative estimate of drug-likeness (QED) is 0.196. The largest absolute Gasteiger partial charge is 0.481 e. The van der Waals surface area contributed by atoms with Crippen LogP contribution in [-0.2, 0) is 27.7 Å². The summed E-state index contributed by atoms with van der Waals surface area (Å²) in [6.07, 6.45) is -5.72. The second kappa shape index (κ2) is 12.4. The number of hydrogen-bond donors (Lipinski definition) is 2. The third-order valence-corrected chi connectivity index (χ3v) is 10.4. The Morgan fingerprint density at radius 2 is 1.91 bits per heavy atom. The number of aromatic nitrogens is 3. The molecule has 2 heterocycles. The summed E-state index contributed by atoms with van der Waals surface area (Å²) in [6, 6.07) is -0.478. The van der Waals surface area contributed by atoms with Crippen LogP contribution in [0.3, 0.4) is 0 Å². The zero-order valence-electron chi connectivity index (χ0n) is 23.1. The van der Waals surface area contributed by atoms with Crippen molar-refractivity contribution in [3.8, 4) is 21.3 Å². The molecule has 0 aliphatic heterocycles. The highest BCUT2D eigenvalue weighted by atomic mass is 35.5. The number of rotatable bonds is 12. The monoisotopic (exact) mass is 670 g/mol. The molecule has 236 valence electrons. The van der Waals surface area contributed by atoms with Gasteiger partial charge in [0.2, 0.25) is 15.9 Å². The topological polar surface area (TPSA) is 135 Å². The van der Waals surface area contributed by atoms with Crippen LogP contribution in [0.1, 0.15) is 70.0 Å². The standard InChI is InChI=1S/C26H28ClF5N4O5S2/c1-4-16(26(30,31)32)36-43(39,40)15-9-8-13(18(19(15)27)21(28)29)20-14(10-12-6-5-7-12)33-23(42-20)22-35-34-17(41-22)11-25(2,3)24(37)38/h8-9,12,16,21,36H,4-7,10-11H2,1-3H3,(H,37,38)/t16-/m0/s1. The minimum Gasteiger partial charge on any atom is -0.481 e. The molecular formula is C26H28ClF5N4O5S2. The zero-order valence-corrected chi connectivity index (χ0v) is 25.5. The number of aliphatic carboxylic acids is 1. The number of carboxylic acid groups (broad SMARTS) is 1. The summed E-state index contributed by atoms with van der Waals surface area (Å²) < 4.78 is 102. The number of nitrogens with zero attached hydrogens (tertiary/aromatic N) is 3. The third-order valence-electron chi connectivity index (χ3n) is 7.22. The second-order valence-electron chi connectivity index (χ2n) is 10.9. The fraction of sp³-hybridized carbons (Fsp3) is 0.538. The lowest BCUT2D eigenvalue weighted by atomic mass is 9.81. The van der Waals surface area contributed by atoms with Gasteiger partial charge in [0.05, 0.1) is 21.0 Å². The molecule has 0 amide bonds. The van der Waals surface area contributed by atoms with E-state index < -0.39 is 62.0 Å². The van der Waals surface area contributed by atoms with E-state index in [9.17, 15) is 40.3 Å². The van der Waals surface area contributed by atoms with Crippen molar-refractivity contribution in [3.63, 3.8) is 0 Å². The van der Waals surface area contributed by atoms with E-state index in [1.54, 1.807) is 0 Å². The number of carboxylic acids is 1. The number of benzene rings is 1. The van der Waals surface area contributed by atoms with Crippen LogP contribution in [0.4, 0.5) is 22.0 Å². The van der Waals surface area contributed by atoms with Gasteiger partial charge in [-0.2, -0.15) is 17.9 Å². The van der Waals surface area contributed by atoms with E-state index in [1.165, 1.54) is 18.6 Å². The van der Waals surface area contributed by atoms with Crippen LogP contribution in [0.2, 0.25) is 5.02 Å². The van der Waals surface area contributed by atoms with Gasteiger partial charge >= 0.3 is 12.1 Å². The number of hydrogen-bond acceptors (Lipinski definition) is 8. The second-order valence-corrected chi connectivity index (χ2v) is 14.0. The molecule has 2 aromatic heterocycles. The Hall–Kier alpha value is -2.69. The average molecular weight is 671 g/mol. The number of alkyl halides is 5. The van der Waals surface area contributed by atoms with E-state index in [0.29, 0.717) is 12.1 Å². The van der Waals surface area contributed by atoms with Crippen LogP contribution < -0.4 is 4.72 Å². The first-order valence-corrected chi connectivity index (χ1v) is 15.9. The summed E-state index contributed by atoms with van der Waals surface area (Å²) >= 11 is 7.13. The summed E-state index contributed by atoms with van der Waals surface area (Å²) in [5.41, 5.74) is -1.80. The Labute approximate surface area is 252 Å². The van der Waals surface area contributed by atoms with Gasteiger partial charge in [0.25, 0.3) is 12.3 Å². The van der Waals surface area contributed by atoms with Crippen LogP contribution >= 0.6 is 22.9 Å². The first-order valence-electron chi connectivity index (χ1n) is 13.2. The summed E-state index contributed by atoms with van der Waals surface area (Å²) in [5, 5.41) is 16.5. The molecular weight excluding hydrogens is 643 g/mol. The lowest BCUT2D eigenvalue weighted by Gasteiger charge is -2.25. The van der Waals surface area contributed by atoms with Crippen molar-refractivity contribution in [2.24, 2.45) is 11.3 Å². The molecule has 1 aliphatic rings. The van der Waals surface area contributed by atoms with Gasteiger partial charge in [-0.25, -0.2) is 22.2 Å². The molecule has 0 radical (unpaired) electrons. The molecule has 1 aliphatic carbocycles. The normalized spacial score (nSPS) is 15.6. The van der Waals surface area contributed by atoms with E-state index >= 15 is 0 Å². The molecule has 0 bridgehead atoms. The molecule has 3 aromatic rings. The molecule has 0 spiro atoms. The Morgan fingerprint density at radius 1 is 1.23 bits per heavy atom. The van der Waals surface area contributed by atoms with Gasteiger partial charge in [-0.3, -0.25) is 4.79 Å². The predicted molar refractivity (Wildman–Crippen MR) is 147 cm³/mol. The van der Waals surface area contributed by atoms with Crippen LogP contribution in [0, 0.1) is 11.3 Å². The molecule has 9 nitrogen and oxygen atoms in total. The van der Waals surface area contributed by atoms with Crippen LogP contribution in [0.15, 0.2) is 21.4 Å². The van der Waals surface area contributed by atoms with Gasteiger partial charge in [0.15, 0.2) is 5.01 Å². The molecule has 0 unspecified atom stereocenters. The molecule has 2 N–H and O–H groups in total. The fourth-order valence-corrected chi connectivity index (χ4v) is 7.45. The van der Waals surface area contributed by atoms with Crippen molar-refractivity contribution in [2.45, 2.75) is 82.8 Å². The number of nitrogens with one attached hydrogen (secondary N) is 1. The Bertz CT molecular complexity index is 1600. The van der Waals surface area contributed by atoms with E-state index in [0.717, 1.165) is 49.7 Å². The number of sulfonamides is 1. The Balaban J connectivity index is 1.79. The Kier molecular flexibility index (Phi) is 9.55. The minimum atomic E-state index is -4.94. The molecule has 17 heteroatoms. The number of carbonyl (C=O) groups is 1. The maximum absolute atomic E-state index is 14.5. The number of thiazole rings is 1. The van der Waals surface area contributed by atoms with E-state index in [2.05, 4.69) is 15.2 Å². The van der Waals surface area contributed by atoms with Crippen molar-refractivity contribution in [3.05, 3.63) is 34.3 Å². The predicted octanol–water partition coefficient (Wildman–Crippen LogP) is 7.07. The SMILES string of the molecule is CC[C@H](NS(=O)(=O)c1ccc(-c2sc(-c3nnc(CC(C)(C)C(=O)O)o3)nc2CC2CCC2)c(C(F)F)c1Cl)C(F)(F)F. The van der Waals surface area contributed by atoms with E-state index in [-0.39, 0.29) is 39.6 Å². The summed E-state index contributed by atoms with van der Waals surface area (Å²) in [4.78, 5) is 15.4. The summed E-state index contributed by atoms with van der Waals surface area (Å²) in [5.74, 6) is -0.881. The fourth-order valence-electron chi connectivity index (χ4n) is 4.45. The highest BCUT2D eigenvalue weighted by molar-refractivity contribution is 7.89. The molecule has 43 heavy (non-hydrogen) atoms. The van der Waals surface area contributed by atoms with Crippen molar-refractivity contribution in [1.29, 1.82) is 0 Å². The van der Waals surface area contributed by atoms with Crippen LogP contribution in [-0.4, -0.2) is 46.9 Å². The summed E-state index contributed by atoms with van der Waals surface area (Å²) in [6.45, 7) is 4.09. The molecule has 1 aromatic carbocycles. The summed E-state index contributed by atoms with van der Waals surface area (Å²) in [7, 11) is -4.94. The van der Waals surface area contributed by atoms with Gasteiger partial charge < -0.3 is 9.52 Å². The highest BCUT2D eigenvalue weighted by Crippen LogP contribution is 2.46. The smallest absolute Gasteiger partial charge is 0.404 e. The highest BCUT2D eigenvalue weighted by Gasteiger charge is 2.42.